The van der Waals surface area contributed by atoms with Crippen molar-refractivity contribution in [3.8, 4) is 11.4 Å². The average Bonchev–Trinajstić information content (AvgIpc) is 3.29. The van der Waals surface area contributed by atoms with Gasteiger partial charge in [0.05, 0.1) is 30.6 Å². The summed E-state index contributed by atoms with van der Waals surface area (Å²) >= 11 is 0. The number of sulfonamides is 1. The number of methoxy groups -OCH3 is 1. The third-order valence-electron chi connectivity index (χ3n) is 6.29. The van der Waals surface area contributed by atoms with E-state index in [9.17, 15) is 18.0 Å². The lowest BCUT2D eigenvalue weighted by molar-refractivity contribution is 0.402. The minimum atomic E-state index is -3.49. The monoisotopic (exact) mass is 501 g/mol. The van der Waals surface area contributed by atoms with E-state index < -0.39 is 27.3 Å². The second-order valence-corrected chi connectivity index (χ2v) is 11.8. The van der Waals surface area contributed by atoms with Gasteiger partial charge in [-0.1, -0.05) is 20.8 Å². The van der Waals surface area contributed by atoms with Gasteiger partial charge in [-0.05, 0) is 48.5 Å². The molecule has 3 aromatic rings. The standard InChI is InChI=1S/C24H31N5O5S/c1-24(2,3)17-11-18(29-9-7-19(30)27-23(29)31)21-16(22(17)34-4)10-15(13-26-21)20(28-35(5,32)33)14-6-8-25-12-14/h7,9-11,13-14,20,25,28H,6,8,12H2,1-5H3,(H,27,30,31)/t14?,20-/m0/s1. The number of pyridine rings is 1. The molecule has 0 amide bonds. The number of benzene rings is 1. The van der Waals surface area contributed by atoms with Crippen molar-refractivity contribution in [3.63, 3.8) is 0 Å². The summed E-state index contributed by atoms with van der Waals surface area (Å²) in [4.78, 5) is 31.3. The van der Waals surface area contributed by atoms with Crippen molar-refractivity contribution in [2.45, 2.75) is 38.6 Å². The maximum Gasteiger partial charge on any atom is 0.332 e. The lowest BCUT2D eigenvalue weighted by Gasteiger charge is -2.27. The molecule has 1 aliphatic heterocycles. The summed E-state index contributed by atoms with van der Waals surface area (Å²) in [6.45, 7) is 7.59. The first-order valence-corrected chi connectivity index (χ1v) is 13.3. The van der Waals surface area contributed by atoms with Crippen LogP contribution in [-0.2, 0) is 15.4 Å². The minimum absolute atomic E-state index is 0.0575. The molecule has 1 aromatic carbocycles. The first-order valence-electron chi connectivity index (χ1n) is 11.4. The molecule has 10 nitrogen and oxygen atoms in total. The zero-order valence-electron chi connectivity index (χ0n) is 20.5. The van der Waals surface area contributed by atoms with E-state index in [-0.39, 0.29) is 11.3 Å². The summed E-state index contributed by atoms with van der Waals surface area (Å²) in [6.07, 6.45) is 5.03. The third kappa shape index (κ3) is 5.16. The Hall–Kier alpha value is -3.02. The predicted octanol–water partition coefficient (Wildman–Crippen LogP) is 1.58. The number of nitrogens with zero attached hydrogens (tertiary/aromatic N) is 2. The molecule has 0 saturated carbocycles. The maximum atomic E-state index is 12.7. The number of hydrogen-bond donors (Lipinski definition) is 3. The number of rotatable bonds is 6. The molecule has 3 heterocycles. The van der Waals surface area contributed by atoms with Gasteiger partial charge in [0, 0.05) is 29.4 Å². The molecule has 188 valence electrons. The number of ether oxygens (including phenoxy) is 1. The summed E-state index contributed by atoms with van der Waals surface area (Å²) in [5, 5.41) is 3.94. The average molecular weight is 502 g/mol. The Balaban J connectivity index is 2.03. The zero-order valence-corrected chi connectivity index (χ0v) is 21.3. The van der Waals surface area contributed by atoms with Gasteiger partial charge in [0.25, 0.3) is 5.56 Å². The lowest BCUT2D eigenvalue weighted by Crippen LogP contribution is -2.33. The summed E-state index contributed by atoms with van der Waals surface area (Å²) in [6, 6.07) is 4.54. The SMILES string of the molecule is COc1c(C(C)(C)C)cc(-n2ccc(=O)[nH]c2=O)c2ncc([C@@H](NS(C)(=O)=O)C3CCNC3)cc12. The van der Waals surface area contributed by atoms with Crippen LogP contribution in [0.3, 0.4) is 0 Å². The Bertz CT molecular complexity index is 1480. The fourth-order valence-electron chi connectivity index (χ4n) is 4.64. The van der Waals surface area contributed by atoms with Crippen LogP contribution in [0.5, 0.6) is 5.75 Å². The van der Waals surface area contributed by atoms with Crippen LogP contribution in [0, 0.1) is 5.92 Å². The van der Waals surface area contributed by atoms with E-state index in [2.05, 4.69) is 20.0 Å². The number of aromatic nitrogens is 3. The van der Waals surface area contributed by atoms with Gasteiger partial charge in [0.2, 0.25) is 10.0 Å². The van der Waals surface area contributed by atoms with Gasteiger partial charge in [-0.15, -0.1) is 0 Å². The predicted molar refractivity (Wildman–Crippen MR) is 135 cm³/mol. The topological polar surface area (TPSA) is 135 Å². The molecule has 1 aliphatic rings. The molecule has 1 fully saturated rings. The molecule has 1 unspecified atom stereocenters. The molecule has 0 bridgehead atoms. The number of nitrogens with one attached hydrogen (secondary N) is 3. The largest absolute Gasteiger partial charge is 0.496 e. The van der Waals surface area contributed by atoms with Crippen LogP contribution >= 0.6 is 0 Å². The Morgan fingerprint density at radius 1 is 1.26 bits per heavy atom. The van der Waals surface area contributed by atoms with E-state index in [1.165, 1.54) is 16.8 Å². The summed E-state index contributed by atoms with van der Waals surface area (Å²) in [5.41, 5.74) is 1.12. The smallest absolute Gasteiger partial charge is 0.332 e. The van der Waals surface area contributed by atoms with E-state index in [1.54, 1.807) is 13.3 Å². The summed E-state index contributed by atoms with van der Waals surface area (Å²) < 4.78 is 34.4. The van der Waals surface area contributed by atoms with Gasteiger partial charge in [-0.25, -0.2) is 17.9 Å². The van der Waals surface area contributed by atoms with Gasteiger partial charge in [0.15, 0.2) is 0 Å². The maximum absolute atomic E-state index is 12.7. The second kappa shape index (κ2) is 9.21. The highest BCUT2D eigenvalue weighted by Crippen LogP contribution is 2.41. The highest BCUT2D eigenvalue weighted by Gasteiger charge is 2.30. The molecular weight excluding hydrogens is 470 g/mol. The Morgan fingerprint density at radius 2 is 2.00 bits per heavy atom. The molecule has 4 rings (SSSR count). The Kier molecular flexibility index (Phi) is 6.60. The van der Waals surface area contributed by atoms with Crippen LogP contribution in [0.2, 0.25) is 0 Å². The van der Waals surface area contributed by atoms with Gasteiger partial charge < -0.3 is 10.1 Å². The molecular formula is C24H31N5O5S. The number of hydrogen-bond acceptors (Lipinski definition) is 7. The fraction of sp³-hybridized carbons (Fsp3) is 0.458. The molecule has 0 radical (unpaired) electrons. The van der Waals surface area contributed by atoms with Crippen molar-refractivity contribution in [1.29, 1.82) is 0 Å². The highest BCUT2D eigenvalue weighted by molar-refractivity contribution is 7.88. The van der Waals surface area contributed by atoms with Crippen LogP contribution in [0.4, 0.5) is 0 Å². The highest BCUT2D eigenvalue weighted by atomic mass is 32.2. The first kappa shape index (κ1) is 25.1. The van der Waals surface area contributed by atoms with E-state index in [1.807, 2.05) is 32.9 Å². The van der Waals surface area contributed by atoms with E-state index in [4.69, 9.17) is 4.74 Å². The third-order valence-corrected chi connectivity index (χ3v) is 6.97. The lowest BCUT2D eigenvalue weighted by atomic mass is 9.84. The van der Waals surface area contributed by atoms with Crippen LogP contribution in [0.25, 0.3) is 16.6 Å². The van der Waals surface area contributed by atoms with Crippen LogP contribution in [-0.4, -0.2) is 49.4 Å². The summed E-state index contributed by atoms with van der Waals surface area (Å²) in [7, 11) is -1.91. The van der Waals surface area contributed by atoms with Crippen molar-refractivity contribution in [2.75, 3.05) is 26.5 Å². The number of fused-ring (bicyclic) bond motifs is 1. The minimum Gasteiger partial charge on any atom is -0.496 e. The molecule has 35 heavy (non-hydrogen) atoms. The van der Waals surface area contributed by atoms with E-state index in [0.717, 1.165) is 24.8 Å². The quantitative estimate of drug-likeness (QED) is 0.467. The molecule has 11 heteroatoms. The van der Waals surface area contributed by atoms with Crippen molar-refractivity contribution < 1.29 is 13.2 Å². The zero-order chi connectivity index (χ0) is 25.5. The fourth-order valence-corrected chi connectivity index (χ4v) is 5.43. The molecule has 0 aliphatic carbocycles. The van der Waals surface area contributed by atoms with Crippen molar-refractivity contribution in [2.24, 2.45) is 5.92 Å². The van der Waals surface area contributed by atoms with Crippen molar-refractivity contribution in [1.82, 2.24) is 24.6 Å². The Labute approximate surface area is 203 Å². The van der Waals surface area contributed by atoms with Gasteiger partial charge in [0.1, 0.15) is 5.75 Å². The summed E-state index contributed by atoms with van der Waals surface area (Å²) in [5.74, 6) is 0.660. The second-order valence-electron chi connectivity index (χ2n) is 9.99. The van der Waals surface area contributed by atoms with Crippen LogP contribution in [0.15, 0.2) is 40.2 Å². The normalized spacial score (nSPS) is 17.6. The van der Waals surface area contributed by atoms with E-state index >= 15 is 0 Å². The van der Waals surface area contributed by atoms with Crippen LogP contribution < -0.4 is 26.0 Å². The van der Waals surface area contributed by atoms with Gasteiger partial charge in [-0.3, -0.25) is 19.3 Å². The van der Waals surface area contributed by atoms with Crippen molar-refractivity contribution >= 4 is 20.9 Å². The van der Waals surface area contributed by atoms with Crippen molar-refractivity contribution in [3.05, 3.63) is 62.6 Å². The van der Waals surface area contributed by atoms with E-state index in [0.29, 0.717) is 34.4 Å². The molecule has 0 spiro atoms. The number of H-pyrrole nitrogens is 1. The molecule has 1 saturated heterocycles. The Morgan fingerprint density at radius 3 is 2.57 bits per heavy atom. The van der Waals surface area contributed by atoms with Gasteiger partial charge in [-0.2, -0.15) is 0 Å². The first-order chi connectivity index (χ1) is 16.4. The molecule has 2 atom stereocenters. The molecule has 2 aromatic heterocycles. The number of aromatic amines is 1. The van der Waals surface area contributed by atoms with Crippen LogP contribution in [0.1, 0.15) is 44.4 Å². The molecule has 3 N–H and O–H groups in total. The van der Waals surface area contributed by atoms with Gasteiger partial charge >= 0.3 is 5.69 Å².